The molecular formula is C35H32N2O8S. The first-order valence-corrected chi connectivity index (χ1v) is 16.1. The highest BCUT2D eigenvalue weighted by Gasteiger charge is 2.23. The topological polar surface area (TPSA) is 141 Å². The van der Waals surface area contributed by atoms with E-state index in [1.165, 1.54) is 31.4 Å². The van der Waals surface area contributed by atoms with E-state index in [-0.39, 0.29) is 28.6 Å². The quantitative estimate of drug-likeness (QED) is 0.152. The van der Waals surface area contributed by atoms with Crippen molar-refractivity contribution in [2.45, 2.75) is 30.6 Å². The molecule has 4 aromatic carbocycles. The van der Waals surface area contributed by atoms with Crippen molar-refractivity contribution in [1.82, 2.24) is 10.3 Å². The number of nitrogens with one attached hydrogen (secondary N) is 1. The molecule has 1 unspecified atom stereocenters. The lowest BCUT2D eigenvalue weighted by Crippen LogP contribution is -2.44. The fourth-order valence-corrected chi connectivity index (χ4v) is 5.94. The zero-order valence-electron chi connectivity index (χ0n) is 25.0. The minimum absolute atomic E-state index is 0.0283. The molecule has 0 aliphatic carbocycles. The molecule has 10 nitrogen and oxygen atoms in total. The summed E-state index contributed by atoms with van der Waals surface area (Å²) < 4.78 is 41.7. The fourth-order valence-electron chi connectivity index (χ4n) is 4.63. The predicted octanol–water partition coefficient (Wildman–Crippen LogP) is 5.45. The summed E-state index contributed by atoms with van der Waals surface area (Å²) in [4.78, 5) is 29.5. The van der Waals surface area contributed by atoms with Crippen LogP contribution in [0.15, 0.2) is 114 Å². The molecule has 1 amide bonds. The molecular weight excluding hydrogens is 608 g/mol. The molecule has 46 heavy (non-hydrogen) atoms. The van der Waals surface area contributed by atoms with Crippen molar-refractivity contribution in [3.8, 4) is 17.2 Å². The van der Waals surface area contributed by atoms with E-state index in [9.17, 15) is 23.1 Å². The Bertz CT molecular complexity index is 1910. The number of carbonyl (C=O) groups excluding carboxylic acids is 1. The van der Waals surface area contributed by atoms with Gasteiger partial charge in [0.15, 0.2) is 9.84 Å². The summed E-state index contributed by atoms with van der Waals surface area (Å²) in [5.74, 6) is -0.699. The number of amides is 1. The third kappa shape index (κ3) is 8.39. The van der Waals surface area contributed by atoms with E-state index < -0.39 is 27.9 Å². The van der Waals surface area contributed by atoms with Gasteiger partial charge in [0.2, 0.25) is 0 Å². The fraction of sp³-hybridized carbons (Fsp3) is 0.171. The van der Waals surface area contributed by atoms with Gasteiger partial charge in [-0.05, 0) is 91.2 Å². The number of methoxy groups -OCH3 is 1. The highest BCUT2D eigenvalue weighted by Crippen LogP contribution is 2.20. The molecule has 1 aromatic heterocycles. The second-order valence-electron chi connectivity index (χ2n) is 10.4. The lowest BCUT2D eigenvalue weighted by molar-refractivity contribution is -0.146. The number of hydrogen-bond donors (Lipinski definition) is 2. The van der Waals surface area contributed by atoms with Crippen molar-refractivity contribution in [2.75, 3.05) is 12.9 Å². The average Bonchev–Trinajstić information content (AvgIpc) is 3.07. The van der Waals surface area contributed by atoms with Gasteiger partial charge >= 0.3 is 5.97 Å². The molecule has 0 aliphatic heterocycles. The van der Waals surface area contributed by atoms with E-state index in [0.717, 1.165) is 22.2 Å². The first-order valence-electron chi connectivity index (χ1n) is 14.4. The van der Waals surface area contributed by atoms with Crippen LogP contribution in [0.2, 0.25) is 0 Å². The summed E-state index contributed by atoms with van der Waals surface area (Å²) in [6, 6.07) is 30.8. The standard InChI is InChI=1S/C35H32N2O8S/c1-43-28-18-20-31(21-19-28)46(41,42)22-4-5-24-8-14-30(15-9-24)45-34(35(39)40)37-33(38)26-11-16-29(17-12-26)44-23-27-13-10-25-6-2-3-7-32(25)36-27/h2-3,6-21,34H,4-5,22-23H2,1H3,(H,37,38)(H,39,40). The van der Waals surface area contributed by atoms with Crippen molar-refractivity contribution in [3.05, 3.63) is 126 Å². The van der Waals surface area contributed by atoms with Gasteiger partial charge in [-0.2, -0.15) is 0 Å². The molecule has 0 aliphatic rings. The first kappa shape index (κ1) is 32.0. The predicted molar refractivity (Wildman–Crippen MR) is 172 cm³/mol. The maximum absolute atomic E-state index is 12.8. The molecule has 5 rings (SSSR count). The Labute approximate surface area is 266 Å². The number of sulfone groups is 1. The van der Waals surface area contributed by atoms with Crippen LogP contribution < -0.4 is 19.5 Å². The van der Waals surface area contributed by atoms with E-state index in [1.807, 2.05) is 36.4 Å². The van der Waals surface area contributed by atoms with Crippen LogP contribution in [0, 0.1) is 0 Å². The Balaban J connectivity index is 1.10. The lowest BCUT2D eigenvalue weighted by atomic mass is 10.1. The van der Waals surface area contributed by atoms with Crippen LogP contribution in [0.1, 0.15) is 28.0 Å². The minimum Gasteiger partial charge on any atom is -0.497 e. The van der Waals surface area contributed by atoms with E-state index in [4.69, 9.17) is 14.2 Å². The van der Waals surface area contributed by atoms with E-state index in [1.54, 1.807) is 48.5 Å². The highest BCUT2D eigenvalue weighted by atomic mass is 32.2. The lowest BCUT2D eigenvalue weighted by Gasteiger charge is -2.17. The van der Waals surface area contributed by atoms with Crippen molar-refractivity contribution < 1.29 is 37.3 Å². The van der Waals surface area contributed by atoms with Crippen molar-refractivity contribution >= 4 is 32.6 Å². The number of carboxylic acid groups (broad SMARTS) is 1. The number of aromatic nitrogens is 1. The average molecular weight is 641 g/mol. The number of aryl methyl sites for hydroxylation is 1. The molecule has 236 valence electrons. The zero-order chi connectivity index (χ0) is 32.5. The molecule has 0 radical (unpaired) electrons. The Kier molecular flexibility index (Phi) is 10.1. The van der Waals surface area contributed by atoms with E-state index in [2.05, 4.69) is 10.3 Å². The molecule has 11 heteroatoms. The Morgan fingerprint density at radius 1 is 0.826 bits per heavy atom. The number of pyridine rings is 1. The number of benzene rings is 4. The number of carboxylic acids is 1. The number of hydrogen-bond acceptors (Lipinski definition) is 8. The van der Waals surface area contributed by atoms with Crippen molar-refractivity contribution in [1.29, 1.82) is 0 Å². The van der Waals surface area contributed by atoms with Crippen LogP contribution in [0.25, 0.3) is 10.9 Å². The van der Waals surface area contributed by atoms with Gasteiger partial charge < -0.3 is 24.6 Å². The van der Waals surface area contributed by atoms with Gasteiger partial charge in [0.25, 0.3) is 12.1 Å². The molecule has 1 heterocycles. The van der Waals surface area contributed by atoms with Gasteiger partial charge in [-0.25, -0.2) is 18.2 Å². The summed E-state index contributed by atoms with van der Waals surface area (Å²) in [5, 5.41) is 13.1. The number of fused-ring (bicyclic) bond motifs is 1. The number of carbonyl (C=O) groups is 2. The Morgan fingerprint density at radius 2 is 1.50 bits per heavy atom. The van der Waals surface area contributed by atoms with Gasteiger partial charge in [-0.15, -0.1) is 0 Å². The van der Waals surface area contributed by atoms with Crippen LogP contribution >= 0.6 is 0 Å². The highest BCUT2D eigenvalue weighted by molar-refractivity contribution is 7.91. The van der Waals surface area contributed by atoms with Crippen molar-refractivity contribution in [2.24, 2.45) is 0 Å². The Hall–Kier alpha value is -5.42. The molecule has 5 aromatic rings. The Morgan fingerprint density at radius 3 is 2.20 bits per heavy atom. The number of aliphatic carboxylic acids is 1. The molecule has 0 fully saturated rings. The molecule has 0 saturated carbocycles. The first-order chi connectivity index (χ1) is 22.2. The van der Waals surface area contributed by atoms with Gasteiger partial charge in [0.05, 0.1) is 29.0 Å². The van der Waals surface area contributed by atoms with Crippen LogP contribution in [0.5, 0.6) is 17.2 Å². The summed E-state index contributed by atoms with van der Waals surface area (Å²) in [7, 11) is -1.93. The van der Waals surface area contributed by atoms with Crippen LogP contribution in [0.3, 0.4) is 0 Å². The van der Waals surface area contributed by atoms with Gasteiger partial charge in [0.1, 0.15) is 23.9 Å². The van der Waals surface area contributed by atoms with Gasteiger partial charge in [-0.1, -0.05) is 36.4 Å². The molecule has 2 N–H and O–H groups in total. The van der Waals surface area contributed by atoms with Crippen LogP contribution in [-0.2, 0) is 27.7 Å². The number of para-hydroxylation sites is 1. The second-order valence-corrected chi connectivity index (χ2v) is 12.5. The number of rotatable bonds is 14. The summed E-state index contributed by atoms with van der Waals surface area (Å²) in [5.41, 5.74) is 2.71. The normalized spacial score (nSPS) is 11.8. The SMILES string of the molecule is COc1ccc(S(=O)(=O)CCCc2ccc(OC(NC(=O)c3ccc(OCc4ccc5ccccc5n4)cc3)C(=O)O)cc2)cc1. The monoisotopic (exact) mass is 640 g/mol. The summed E-state index contributed by atoms with van der Waals surface area (Å²) in [6.45, 7) is 0.243. The number of ether oxygens (including phenoxy) is 3. The summed E-state index contributed by atoms with van der Waals surface area (Å²) in [6.07, 6.45) is -0.748. The largest absolute Gasteiger partial charge is 0.497 e. The zero-order valence-corrected chi connectivity index (χ0v) is 25.8. The third-order valence-electron chi connectivity index (χ3n) is 7.12. The molecule has 0 spiro atoms. The van der Waals surface area contributed by atoms with Gasteiger partial charge in [0, 0.05) is 10.9 Å². The number of nitrogens with zero attached hydrogens (tertiary/aromatic N) is 1. The smallest absolute Gasteiger partial charge is 0.366 e. The molecule has 1 atom stereocenters. The molecule has 0 bridgehead atoms. The maximum Gasteiger partial charge on any atom is 0.366 e. The summed E-state index contributed by atoms with van der Waals surface area (Å²) >= 11 is 0. The maximum atomic E-state index is 12.8. The van der Waals surface area contributed by atoms with Gasteiger partial charge in [-0.3, -0.25) is 4.79 Å². The second kappa shape index (κ2) is 14.6. The molecule has 0 saturated heterocycles. The third-order valence-corrected chi connectivity index (χ3v) is 8.94. The van der Waals surface area contributed by atoms with Crippen LogP contribution in [-0.4, -0.2) is 49.5 Å². The minimum atomic E-state index is -3.44. The van der Waals surface area contributed by atoms with E-state index >= 15 is 0 Å². The van der Waals surface area contributed by atoms with Crippen molar-refractivity contribution in [3.63, 3.8) is 0 Å². The van der Waals surface area contributed by atoms with Crippen LogP contribution in [0.4, 0.5) is 0 Å². The van der Waals surface area contributed by atoms with E-state index in [0.29, 0.717) is 24.3 Å².